The van der Waals surface area contributed by atoms with Crippen LogP contribution >= 0.6 is 0 Å². The Balaban J connectivity index is 1.25. The van der Waals surface area contributed by atoms with E-state index in [-0.39, 0.29) is 41.3 Å². The van der Waals surface area contributed by atoms with E-state index in [4.69, 9.17) is 14.6 Å². The molecule has 1 saturated carbocycles. The number of rotatable bonds is 9. The number of likely N-dealkylation sites (tertiary alicyclic amines) is 1. The number of likely N-dealkylation sites (N-methyl/N-ethyl adjacent to an activating group) is 1. The maximum Gasteiger partial charge on any atom is 0.264 e. The molecule has 3 saturated heterocycles. The van der Waals surface area contributed by atoms with Crippen LogP contribution in [0.1, 0.15) is 121 Å². The molecule has 4 aromatic rings. The number of benzene rings is 2. The average Bonchev–Trinajstić information content (AvgIpc) is 3.83. The molecule has 9 rings (SSSR count). The van der Waals surface area contributed by atoms with Gasteiger partial charge in [-0.3, -0.25) is 14.3 Å². The predicted octanol–water partition coefficient (Wildman–Crippen LogP) is 7.10. The second-order valence-electron chi connectivity index (χ2n) is 17.7. The zero-order valence-electron chi connectivity index (χ0n) is 34.2. The number of allylic oxidation sites excluding steroid dienone is 1. The van der Waals surface area contributed by atoms with E-state index >= 15 is 4.79 Å². The summed E-state index contributed by atoms with van der Waals surface area (Å²) in [5.74, 6) is 0.176. The van der Waals surface area contributed by atoms with Gasteiger partial charge in [0.15, 0.2) is 0 Å². The summed E-state index contributed by atoms with van der Waals surface area (Å²) in [6, 6.07) is 12.3. The normalized spacial score (nSPS) is 21.8. The van der Waals surface area contributed by atoms with Crippen molar-refractivity contribution in [1.29, 1.82) is 0 Å². The number of carbonyl (C=O) groups excluding carboxylic acids is 2. The summed E-state index contributed by atoms with van der Waals surface area (Å²) >= 11 is 0. The Morgan fingerprint density at radius 1 is 0.931 bits per heavy atom. The molecule has 2 amide bonds. The third-order valence-corrected chi connectivity index (χ3v) is 14.7. The minimum Gasteiger partial charge on any atom is -0.497 e. The molecule has 1 aliphatic carbocycles. The molecule has 13 heteroatoms. The minimum absolute atomic E-state index is 0.0342. The van der Waals surface area contributed by atoms with Gasteiger partial charge < -0.3 is 23.8 Å². The lowest BCUT2D eigenvalue weighted by molar-refractivity contribution is 0.0471. The predicted molar refractivity (Wildman–Crippen MR) is 226 cm³/mol. The van der Waals surface area contributed by atoms with Crippen molar-refractivity contribution in [3.8, 4) is 17.0 Å². The molecule has 12 nitrogen and oxygen atoms in total. The number of sulfonamides is 1. The summed E-state index contributed by atoms with van der Waals surface area (Å²) in [7, 11) is -0.00439. The van der Waals surface area contributed by atoms with Crippen LogP contribution in [0.2, 0.25) is 0 Å². The molecule has 5 aliphatic rings. The first-order valence-electron chi connectivity index (χ1n) is 21.3. The molecule has 4 aliphatic heterocycles. The summed E-state index contributed by atoms with van der Waals surface area (Å²) < 4.78 is 44.3. The van der Waals surface area contributed by atoms with Gasteiger partial charge in [-0.15, -0.1) is 0 Å². The summed E-state index contributed by atoms with van der Waals surface area (Å²) in [5, 5.41) is 6.11. The van der Waals surface area contributed by atoms with E-state index in [2.05, 4.69) is 49.0 Å². The number of nitrogens with one attached hydrogen (secondary N) is 1. The van der Waals surface area contributed by atoms with E-state index in [1.165, 1.54) is 12.0 Å². The molecule has 6 heterocycles. The van der Waals surface area contributed by atoms with Gasteiger partial charge in [0, 0.05) is 60.4 Å². The van der Waals surface area contributed by atoms with Crippen molar-refractivity contribution in [2.75, 3.05) is 46.2 Å². The van der Waals surface area contributed by atoms with Gasteiger partial charge in [-0.25, -0.2) is 13.1 Å². The summed E-state index contributed by atoms with van der Waals surface area (Å²) in [5.41, 5.74) is 7.94. The highest BCUT2D eigenvalue weighted by Gasteiger charge is 2.43. The Kier molecular flexibility index (Phi) is 10.5. The van der Waals surface area contributed by atoms with Crippen molar-refractivity contribution < 1.29 is 27.5 Å². The van der Waals surface area contributed by atoms with Crippen LogP contribution in [0.5, 0.6) is 5.75 Å². The van der Waals surface area contributed by atoms with Crippen molar-refractivity contribution in [1.82, 2.24) is 28.9 Å². The third kappa shape index (κ3) is 7.17. The smallest absolute Gasteiger partial charge is 0.264 e. The highest BCUT2D eigenvalue weighted by molar-refractivity contribution is 7.90. The lowest BCUT2D eigenvalue weighted by atomic mass is 9.81. The quantitative estimate of drug-likeness (QED) is 0.190. The average molecular weight is 809 g/mol. The van der Waals surface area contributed by atoms with E-state index in [1.54, 1.807) is 19.4 Å². The van der Waals surface area contributed by atoms with Gasteiger partial charge in [0.05, 0.1) is 48.6 Å². The van der Waals surface area contributed by atoms with Crippen LogP contribution in [-0.4, -0.2) is 103 Å². The van der Waals surface area contributed by atoms with Crippen molar-refractivity contribution in [2.24, 2.45) is 5.92 Å². The number of carbonyl (C=O) groups is 2. The number of nitrogens with zero attached hydrogens (tertiary/aromatic N) is 5. The SMILES string of the molecule is COc1ccc2c(c1)C=C(c1c(C(=O)N3C4CCC3CN(C)C4)cnn1C1CCOCC1)Cn1c-2c(C2CCCCC2)c2ccc(C(=O)NS(=O)(=O)CC(C)C)cc21. The lowest BCUT2D eigenvalue weighted by Gasteiger charge is -2.39. The van der Waals surface area contributed by atoms with Crippen LogP contribution < -0.4 is 9.46 Å². The number of hydrogen-bond donors (Lipinski definition) is 1. The standard InChI is InChI=1S/C45H56N6O6S/c1-28(2)27-58(54,55)47-44(52)30-10-14-38-40(22-30)49-24-32(20-31-21-36(56-4)13-15-37(31)43(49)41(38)29-8-6-5-7-9-29)42-39(23-46-51(42)33-16-18-57-19-17-33)45(53)50-34-11-12-35(50)26-48(3)25-34/h10,13-15,20-23,28-29,33-35H,5-9,11-12,16-19,24-27H2,1-4H3,(H,47,52). The molecule has 2 bridgehead atoms. The molecular formula is C45H56N6O6S. The monoisotopic (exact) mass is 808 g/mol. The van der Waals surface area contributed by atoms with Gasteiger partial charge >= 0.3 is 0 Å². The van der Waals surface area contributed by atoms with Crippen LogP contribution in [0, 0.1) is 5.92 Å². The van der Waals surface area contributed by atoms with Crippen LogP contribution in [0.4, 0.5) is 0 Å². The number of methoxy groups -OCH3 is 1. The Morgan fingerprint density at radius 2 is 1.67 bits per heavy atom. The number of fused-ring (bicyclic) bond motifs is 7. The highest BCUT2D eigenvalue weighted by Crippen LogP contribution is 2.48. The second-order valence-corrected chi connectivity index (χ2v) is 19.4. The Hall–Kier alpha value is -4.46. The molecule has 2 aromatic carbocycles. The van der Waals surface area contributed by atoms with Crippen LogP contribution in [-0.2, 0) is 21.3 Å². The lowest BCUT2D eigenvalue weighted by Crippen LogP contribution is -2.54. The maximum atomic E-state index is 15.0. The highest BCUT2D eigenvalue weighted by atomic mass is 32.2. The number of piperazine rings is 1. The molecule has 308 valence electrons. The third-order valence-electron chi connectivity index (χ3n) is 13.1. The van der Waals surface area contributed by atoms with Gasteiger partial charge in [0.2, 0.25) is 10.0 Å². The summed E-state index contributed by atoms with van der Waals surface area (Å²) in [6.45, 7) is 7.03. The zero-order chi connectivity index (χ0) is 40.3. The van der Waals surface area contributed by atoms with Crippen molar-refractivity contribution in [2.45, 2.75) is 102 Å². The molecule has 2 unspecified atom stereocenters. The molecule has 1 N–H and O–H groups in total. The van der Waals surface area contributed by atoms with Gasteiger partial charge in [-0.2, -0.15) is 5.10 Å². The van der Waals surface area contributed by atoms with E-state index in [1.807, 2.05) is 32.0 Å². The van der Waals surface area contributed by atoms with E-state index in [9.17, 15) is 13.2 Å². The first-order chi connectivity index (χ1) is 28.0. The van der Waals surface area contributed by atoms with Gasteiger partial charge in [-0.1, -0.05) is 39.2 Å². The van der Waals surface area contributed by atoms with Gasteiger partial charge in [0.25, 0.3) is 11.8 Å². The Labute approximate surface area is 341 Å². The molecule has 2 aromatic heterocycles. The van der Waals surface area contributed by atoms with Crippen molar-refractivity contribution in [3.05, 3.63) is 70.5 Å². The van der Waals surface area contributed by atoms with Crippen molar-refractivity contribution in [3.63, 3.8) is 0 Å². The van der Waals surface area contributed by atoms with Crippen LogP contribution in [0.15, 0.2) is 42.6 Å². The first-order valence-corrected chi connectivity index (χ1v) is 22.9. The van der Waals surface area contributed by atoms with Crippen molar-refractivity contribution >= 4 is 44.4 Å². The molecule has 2 atom stereocenters. The molecular weight excluding hydrogens is 753 g/mol. The maximum absolute atomic E-state index is 15.0. The van der Waals surface area contributed by atoms with Gasteiger partial charge in [0.1, 0.15) is 5.75 Å². The van der Waals surface area contributed by atoms with Crippen LogP contribution in [0.25, 0.3) is 33.8 Å². The second kappa shape index (κ2) is 15.6. The fourth-order valence-corrected chi connectivity index (χ4v) is 12.0. The number of hydrogen-bond acceptors (Lipinski definition) is 8. The minimum atomic E-state index is -3.83. The summed E-state index contributed by atoms with van der Waals surface area (Å²) in [4.78, 5) is 33.2. The van der Waals surface area contributed by atoms with Gasteiger partial charge in [-0.05, 0) is 111 Å². The van der Waals surface area contributed by atoms with E-state index < -0.39 is 15.9 Å². The zero-order valence-corrected chi connectivity index (χ0v) is 35.0. The Morgan fingerprint density at radius 3 is 2.38 bits per heavy atom. The number of aromatic nitrogens is 3. The fraction of sp³-hybridized carbons (Fsp3) is 0.533. The number of ether oxygens (including phenoxy) is 2. The summed E-state index contributed by atoms with van der Waals surface area (Å²) in [6.07, 6.45) is 13.2. The van der Waals surface area contributed by atoms with E-state index in [0.29, 0.717) is 31.2 Å². The van der Waals surface area contributed by atoms with E-state index in [0.717, 1.165) is 109 Å². The van der Waals surface area contributed by atoms with Crippen LogP contribution in [0.3, 0.4) is 0 Å². The Bertz CT molecular complexity index is 2370. The fourth-order valence-electron chi connectivity index (χ4n) is 10.6. The molecule has 0 radical (unpaired) electrons. The number of amides is 2. The first kappa shape index (κ1) is 39.0. The molecule has 0 spiro atoms. The molecule has 58 heavy (non-hydrogen) atoms. The topological polar surface area (TPSA) is 128 Å². The largest absolute Gasteiger partial charge is 0.497 e. The molecule has 4 fully saturated rings.